The number of aliphatic hydroxyl groups excluding tert-OH is 1. The Morgan fingerprint density at radius 3 is 2.53 bits per heavy atom. The second-order valence-corrected chi connectivity index (χ2v) is 12.7. The van der Waals surface area contributed by atoms with E-state index >= 15 is 8.78 Å². The summed E-state index contributed by atoms with van der Waals surface area (Å²) in [7, 11) is -5.23. The molecular formula is C24H30F3N2O8P. The second kappa shape index (κ2) is 9.34. The molecule has 2 unspecified atom stereocenters. The molecule has 0 aliphatic carbocycles. The summed E-state index contributed by atoms with van der Waals surface area (Å²) in [6, 6.07) is 3.20. The first-order valence-corrected chi connectivity index (χ1v) is 13.1. The molecule has 210 valence electrons. The van der Waals surface area contributed by atoms with Crippen molar-refractivity contribution in [1.29, 1.82) is 0 Å². The molecule has 2 N–H and O–H groups in total. The van der Waals surface area contributed by atoms with E-state index in [1.54, 1.807) is 31.8 Å². The lowest BCUT2D eigenvalue weighted by Gasteiger charge is -2.34. The maximum absolute atomic E-state index is 15.9. The first-order chi connectivity index (χ1) is 18.1. The maximum Gasteiger partial charge on any atom is 0.533 e. The average molecular weight is 564 g/mol. The predicted molar refractivity (Wildman–Crippen MR) is 129 cm³/mol. The van der Waals surface area contributed by atoms with Gasteiger partial charge in [-0.1, -0.05) is 47.6 Å². The number of alkyl halides is 2. The van der Waals surface area contributed by atoms with Crippen LogP contribution in [0.3, 0.4) is 0 Å². The van der Waals surface area contributed by atoms with E-state index in [0.717, 1.165) is 5.56 Å². The summed E-state index contributed by atoms with van der Waals surface area (Å²) in [5, 5.41) is 10.3. The number of phosphoric acid groups is 1. The number of phosphoric ester groups is 1. The largest absolute Gasteiger partial charge is 0.533 e. The summed E-state index contributed by atoms with van der Waals surface area (Å²) in [6.07, 6.45) is -7.24. The van der Waals surface area contributed by atoms with Gasteiger partial charge in [0, 0.05) is 12.0 Å². The molecule has 4 rings (SSSR count). The van der Waals surface area contributed by atoms with Crippen LogP contribution in [-0.4, -0.2) is 33.2 Å². The molecule has 0 amide bonds. The van der Waals surface area contributed by atoms with Gasteiger partial charge in [0.05, 0.1) is 14.5 Å². The van der Waals surface area contributed by atoms with E-state index in [-0.39, 0.29) is 11.3 Å². The zero-order valence-corrected chi connectivity index (χ0v) is 22.4. The molecule has 10 nitrogen and oxygen atoms in total. The number of H-pyrrole nitrogens is 1. The molecule has 0 bridgehead atoms. The van der Waals surface area contributed by atoms with Crippen LogP contribution in [0.1, 0.15) is 80.0 Å². The van der Waals surface area contributed by atoms with Gasteiger partial charge in [0.25, 0.3) is 5.56 Å². The van der Waals surface area contributed by atoms with Crippen molar-refractivity contribution in [3.05, 3.63) is 61.7 Å². The first kappa shape index (κ1) is 25.8. The molecule has 1 fully saturated rings. The normalized spacial score (nSPS) is 30.8. The quantitative estimate of drug-likeness (QED) is 0.523. The van der Waals surface area contributed by atoms with E-state index in [2.05, 4.69) is 0 Å². The highest BCUT2D eigenvalue weighted by atomic mass is 31.2. The fourth-order valence-corrected chi connectivity index (χ4v) is 5.16. The molecule has 0 radical (unpaired) electrons. The van der Waals surface area contributed by atoms with E-state index < -0.39 is 73.2 Å². The highest BCUT2D eigenvalue weighted by Gasteiger charge is 2.51. The number of hydrogen-bond donors (Lipinski definition) is 2. The molecule has 2 aromatic rings. The lowest BCUT2D eigenvalue weighted by Crippen LogP contribution is -2.37. The number of aliphatic hydroxyl groups is 1. The van der Waals surface area contributed by atoms with Crippen LogP contribution in [0.4, 0.5) is 13.2 Å². The number of benzene rings is 1. The van der Waals surface area contributed by atoms with Gasteiger partial charge in [0.1, 0.15) is 18.4 Å². The highest BCUT2D eigenvalue weighted by Crippen LogP contribution is 2.61. The SMILES string of the molecule is [2H]C([2H])(OP1(=O)Oc2c(cc(C(C)(C)C)cc2C(C)(C)C)C(F)O1)[C@]1(F)C[C@@H](O)[C@H](n2cc(F)c(=O)[nH]c2=O)O1. The van der Waals surface area contributed by atoms with Crippen LogP contribution in [0.25, 0.3) is 0 Å². The molecule has 0 saturated carbocycles. The van der Waals surface area contributed by atoms with Crippen LogP contribution < -0.4 is 15.8 Å². The fourth-order valence-electron chi connectivity index (χ4n) is 4.03. The van der Waals surface area contributed by atoms with E-state index in [0.29, 0.717) is 16.3 Å². The van der Waals surface area contributed by atoms with E-state index in [1.165, 1.54) is 6.07 Å². The highest BCUT2D eigenvalue weighted by molar-refractivity contribution is 7.49. The van der Waals surface area contributed by atoms with Crippen LogP contribution in [0.2, 0.25) is 0 Å². The van der Waals surface area contributed by atoms with Gasteiger partial charge in [-0.2, -0.15) is 4.39 Å². The smallest absolute Gasteiger partial charge is 0.403 e. The molecule has 1 aromatic carbocycles. The third-order valence-electron chi connectivity index (χ3n) is 6.08. The van der Waals surface area contributed by atoms with Crippen molar-refractivity contribution in [2.24, 2.45) is 0 Å². The average Bonchev–Trinajstić information content (AvgIpc) is 3.09. The Kier molecular flexibility index (Phi) is 6.34. The Morgan fingerprint density at radius 2 is 1.92 bits per heavy atom. The Hall–Kier alpha value is -2.44. The monoisotopic (exact) mass is 564 g/mol. The summed E-state index contributed by atoms with van der Waals surface area (Å²) < 4.78 is 95.1. The first-order valence-electron chi connectivity index (χ1n) is 12.6. The van der Waals surface area contributed by atoms with Gasteiger partial charge < -0.3 is 14.4 Å². The van der Waals surface area contributed by atoms with Crippen molar-refractivity contribution in [2.75, 3.05) is 6.56 Å². The maximum atomic E-state index is 15.9. The van der Waals surface area contributed by atoms with Crippen molar-refractivity contribution in [1.82, 2.24) is 9.55 Å². The lowest BCUT2D eigenvalue weighted by molar-refractivity contribution is -0.180. The van der Waals surface area contributed by atoms with Crippen LogP contribution in [0, 0.1) is 5.82 Å². The van der Waals surface area contributed by atoms with Crippen molar-refractivity contribution < 1.29 is 43.9 Å². The molecule has 38 heavy (non-hydrogen) atoms. The fraction of sp³-hybridized carbons (Fsp3) is 0.583. The summed E-state index contributed by atoms with van der Waals surface area (Å²) in [5.74, 6) is -5.30. The van der Waals surface area contributed by atoms with Gasteiger partial charge in [0.2, 0.25) is 18.0 Å². The topological polar surface area (TPSA) is 129 Å². The Morgan fingerprint density at radius 1 is 1.26 bits per heavy atom. The number of nitrogens with one attached hydrogen (secondary N) is 1. The molecule has 2 aliphatic heterocycles. The third-order valence-corrected chi connectivity index (χ3v) is 7.24. The van der Waals surface area contributed by atoms with E-state index in [4.69, 9.17) is 21.0 Å². The molecule has 5 atom stereocenters. The number of rotatable bonds is 4. The lowest BCUT2D eigenvalue weighted by atomic mass is 9.79. The standard InChI is InChI=1S/C24H30F3N2O8P/c1-22(2,3)12-7-13-17(14(8-12)23(4,5)6)36-38(33,37-18(13)26)34-11-24(27)9-16(30)20(35-24)29-10-15(25)19(31)28-21(29)32/h7-8,10,16,18,20,30H,9,11H2,1-6H3,(H,28,31,32)/t16-,18?,20-,24+,38?/m1/s1/i11D2. The number of nitrogens with zero attached hydrogens (tertiary/aromatic N) is 1. The summed E-state index contributed by atoms with van der Waals surface area (Å²) in [4.78, 5) is 25.0. The second-order valence-electron chi connectivity index (χ2n) is 11.2. The number of hydrogen-bond acceptors (Lipinski definition) is 8. The Bertz CT molecular complexity index is 1500. The molecule has 2 aliphatic rings. The minimum Gasteiger partial charge on any atom is -0.403 e. The van der Waals surface area contributed by atoms with Gasteiger partial charge >= 0.3 is 13.5 Å². The van der Waals surface area contributed by atoms with Gasteiger partial charge in [0.15, 0.2) is 6.23 Å². The number of ether oxygens (including phenoxy) is 1. The number of aromatic nitrogens is 2. The Balaban J connectivity index is 1.68. The van der Waals surface area contributed by atoms with Gasteiger partial charge in [-0.25, -0.2) is 22.7 Å². The van der Waals surface area contributed by atoms with Crippen LogP contribution >= 0.6 is 7.82 Å². The number of fused-ring (bicyclic) bond motifs is 1. The zero-order valence-electron chi connectivity index (χ0n) is 23.5. The van der Waals surface area contributed by atoms with Crippen LogP contribution in [-0.2, 0) is 29.2 Å². The molecular weight excluding hydrogens is 532 g/mol. The molecule has 0 spiro atoms. The van der Waals surface area contributed by atoms with Crippen LogP contribution in [0.15, 0.2) is 27.9 Å². The van der Waals surface area contributed by atoms with Crippen molar-refractivity contribution in [2.45, 2.75) is 83.3 Å². The molecule has 1 aromatic heterocycles. The minimum atomic E-state index is -5.23. The van der Waals surface area contributed by atoms with Crippen molar-refractivity contribution in [3.63, 3.8) is 0 Å². The van der Waals surface area contributed by atoms with Crippen molar-refractivity contribution in [3.8, 4) is 5.75 Å². The van der Waals surface area contributed by atoms with Crippen molar-refractivity contribution >= 4 is 7.82 Å². The van der Waals surface area contributed by atoms with Crippen LogP contribution in [0.5, 0.6) is 5.75 Å². The summed E-state index contributed by atoms with van der Waals surface area (Å²) >= 11 is 0. The summed E-state index contributed by atoms with van der Waals surface area (Å²) in [5.41, 5.74) is -2.75. The number of aromatic amines is 1. The predicted octanol–water partition coefficient (Wildman–Crippen LogP) is 4.42. The summed E-state index contributed by atoms with van der Waals surface area (Å²) in [6.45, 7) is 7.35. The van der Waals surface area contributed by atoms with E-state index in [9.17, 15) is 23.7 Å². The van der Waals surface area contributed by atoms with Gasteiger partial charge in [-0.15, -0.1) is 0 Å². The van der Waals surface area contributed by atoms with Gasteiger partial charge in [-0.05, 0) is 22.5 Å². The Labute approximate surface area is 219 Å². The molecule has 3 heterocycles. The molecule has 1 saturated heterocycles. The molecule has 14 heteroatoms. The number of halogens is 3. The van der Waals surface area contributed by atoms with E-state index in [1.807, 2.05) is 20.8 Å². The minimum absolute atomic E-state index is 0.116. The van der Waals surface area contributed by atoms with Gasteiger partial charge in [-0.3, -0.25) is 18.9 Å². The third kappa shape index (κ3) is 5.48. The zero-order chi connectivity index (χ0) is 30.2.